The molecule has 0 saturated carbocycles. The Morgan fingerprint density at radius 1 is 1.26 bits per heavy atom. The summed E-state index contributed by atoms with van der Waals surface area (Å²) in [6.07, 6.45) is -6.18. The van der Waals surface area contributed by atoms with Crippen molar-refractivity contribution in [3.63, 3.8) is 0 Å². The highest BCUT2D eigenvalue weighted by molar-refractivity contribution is 5.71. The van der Waals surface area contributed by atoms with Gasteiger partial charge in [-0.25, -0.2) is 4.79 Å². The molecule has 23 heavy (non-hydrogen) atoms. The second-order valence-electron chi connectivity index (χ2n) is 5.90. The van der Waals surface area contributed by atoms with Gasteiger partial charge in [0.25, 0.3) is 0 Å². The van der Waals surface area contributed by atoms with Crippen molar-refractivity contribution >= 4 is 12.1 Å². The lowest BCUT2D eigenvalue weighted by atomic mass is 10.0. The van der Waals surface area contributed by atoms with Gasteiger partial charge in [0.05, 0.1) is 11.6 Å². The maximum Gasteiger partial charge on any atom is 0.416 e. The first-order valence-electron chi connectivity index (χ1n) is 6.75. The minimum Gasteiger partial charge on any atom is -0.550 e. The molecule has 0 radical (unpaired) electrons. The van der Waals surface area contributed by atoms with Crippen LogP contribution in [-0.4, -0.2) is 17.7 Å². The number of hydrogen-bond donors (Lipinski definition) is 1. The molecule has 8 heteroatoms. The van der Waals surface area contributed by atoms with Crippen molar-refractivity contribution in [2.45, 2.75) is 45.0 Å². The number of halogens is 3. The van der Waals surface area contributed by atoms with E-state index in [-0.39, 0.29) is 5.56 Å². The molecule has 1 aromatic carbocycles. The average Bonchev–Trinajstić information content (AvgIpc) is 2.34. The van der Waals surface area contributed by atoms with Crippen LogP contribution in [0.4, 0.5) is 18.0 Å². The van der Waals surface area contributed by atoms with Gasteiger partial charge in [-0.3, -0.25) is 0 Å². The molecule has 1 N–H and O–H groups in total. The third-order valence-corrected chi connectivity index (χ3v) is 2.68. The normalized spacial score (nSPS) is 13.3. The van der Waals surface area contributed by atoms with Crippen molar-refractivity contribution in [2.75, 3.05) is 0 Å². The van der Waals surface area contributed by atoms with Gasteiger partial charge < -0.3 is 20.0 Å². The molecule has 1 atom stereocenters. The predicted molar refractivity (Wildman–Crippen MR) is 73.2 cm³/mol. The van der Waals surface area contributed by atoms with Crippen molar-refractivity contribution in [3.8, 4) is 0 Å². The zero-order chi connectivity index (χ0) is 17.8. The average molecular weight is 332 g/mol. The van der Waals surface area contributed by atoms with Crippen LogP contribution in [0.2, 0.25) is 0 Å². The number of carbonyl (C=O) groups is 2. The summed E-state index contributed by atoms with van der Waals surface area (Å²) < 4.78 is 43.2. The number of alkyl carbamates (subject to hydrolysis) is 1. The van der Waals surface area contributed by atoms with Crippen molar-refractivity contribution in [2.24, 2.45) is 0 Å². The van der Waals surface area contributed by atoms with E-state index in [1.807, 2.05) is 0 Å². The summed E-state index contributed by atoms with van der Waals surface area (Å²) in [6.45, 7) is 4.81. The van der Waals surface area contributed by atoms with E-state index < -0.39 is 41.9 Å². The fourth-order valence-corrected chi connectivity index (χ4v) is 1.80. The van der Waals surface area contributed by atoms with Crippen LogP contribution in [-0.2, 0) is 15.7 Å². The number of nitrogens with one attached hydrogen (secondary N) is 1. The highest BCUT2D eigenvalue weighted by Gasteiger charge is 2.31. The number of carboxylic acid groups (broad SMARTS) is 1. The zero-order valence-electron chi connectivity index (χ0n) is 12.9. The standard InChI is InChI=1S/C15H18F3NO4/c1-14(2,3)23-13(22)19-11(8-12(20)21)9-5-4-6-10(7-9)15(16,17)18/h4-7,11H,8H2,1-3H3,(H,19,22)(H,20,21)/p-1/t11-/m1/s1. The Morgan fingerprint density at radius 3 is 2.35 bits per heavy atom. The maximum absolute atomic E-state index is 12.7. The fraction of sp³-hybridized carbons (Fsp3) is 0.467. The van der Waals surface area contributed by atoms with E-state index in [0.717, 1.165) is 18.2 Å². The highest BCUT2D eigenvalue weighted by Crippen LogP contribution is 2.31. The van der Waals surface area contributed by atoms with Crippen LogP contribution in [0.25, 0.3) is 0 Å². The number of rotatable bonds is 4. The van der Waals surface area contributed by atoms with Gasteiger partial charge in [-0.05, 0) is 38.5 Å². The summed E-state index contributed by atoms with van der Waals surface area (Å²) in [7, 11) is 0. The molecule has 0 bridgehead atoms. The van der Waals surface area contributed by atoms with E-state index in [2.05, 4.69) is 5.32 Å². The molecule has 0 aliphatic heterocycles. The van der Waals surface area contributed by atoms with Crippen LogP contribution in [0, 0.1) is 0 Å². The Kier molecular flexibility index (Phi) is 5.63. The quantitative estimate of drug-likeness (QED) is 0.918. The minimum absolute atomic E-state index is 0.00474. The Labute approximate surface area is 131 Å². The second kappa shape index (κ2) is 6.89. The third kappa shape index (κ3) is 6.58. The number of aliphatic carboxylic acids is 1. The van der Waals surface area contributed by atoms with Crippen LogP contribution in [0.15, 0.2) is 24.3 Å². The Morgan fingerprint density at radius 2 is 1.87 bits per heavy atom. The molecule has 0 saturated heterocycles. The molecule has 1 amide bonds. The molecule has 1 rings (SSSR count). The Hall–Kier alpha value is -2.25. The summed E-state index contributed by atoms with van der Waals surface area (Å²) in [6, 6.07) is 2.87. The van der Waals surface area contributed by atoms with Crippen LogP contribution in [0.5, 0.6) is 0 Å². The highest BCUT2D eigenvalue weighted by atomic mass is 19.4. The summed E-state index contributed by atoms with van der Waals surface area (Å²) in [4.78, 5) is 22.5. The van der Waals surface area contributed by atoms with Crippen LogP contribution in [0.3, 0.4) is 0 Å². The molecule has 1 aromatic rings. The van der Waals surface area contributed by atoms with E-state index in [4.69, 9.17) is 4.74 Å². The SMILES string of the molecule is CC(C)(C)OC(=O)N[C@H](CC(=O)[O-])c1cccc(C(F)(F)F)c1. The molecule has 0 aliphatic rings. The van der Waals surface area contributed by atoms with Gasteiger partial charge in [0.2, 0.25) is 0 Å². The predicted octanol–water partition coefficient (Wildman–Crippen LogP) is 2.41. The maximum atomic E-state index is 12.7. The zero-order valence-corrected chi connectivity index (χ0v) is 12.9. The van der Waals surface area contributed by atoms with Crippen molar-refractivity contribution in [1.82, 2.24) is 5.32 Å². The molecule has 0 heterocycles. The summed E-state index contributed by atoms with van der Waals surface area (Å²) in [5.41, 5.74) is -1.77. The number of carbonyl (C=O) groups excluding carboxylic acids is 2. The summed E-state index contributed by atoms with van der Waals surface area (Å²) >= 11 is 0. The van der Waals surface area contributed by atoms with Crippen molar-refractivity contribution < 1.29 is 32.6 Å². The molecule has 128 valence electrons. The first kappa shape index (κ1) is 18.8. The lowest BCUT2D eigenvalue weighted by Gasteiger charge is -2.24. The lowest BCUT2D eigenvalue weighted by Crippen LogP contribution is -2.37. The van der Waals surface area contributed by atoms with Gasteiger partial charge in [-0.15, -0.1) is 0 Å². The molecule has 0 spiro atoms. The van der Waals surface area contributed by atoms with E-state index >= 15 is 0 Å². The summed E-state index contributed by atoms with van der Waals surface area (Å²) in [5, 5.41) is 13.1. The molecular weight excluding hydrogens is 315 g/mol. The molecular formula is C15H17F3NO4-. The van der Waals surface area contributed by atoms with Gasteiger partial charge in [0.15, 0.2) is 0 Å². The van der Waals surface area contributed by atoms with Crippen LogP contribution >= 0.6 is 0 Å². The van der Waals surface area contributed by atoms with Gasteiger partial charge in [-0.1, -0.05) is 12.1 Å². The number of amides is 1. The number of benzene rings is 1. The van der Waals surface area contributed by atoms with E-state index in [0.29, 0.717) is 0 Å². The van der Waals surface area contributed by atoms with E-state index in [1.165, 1.54) is 6.07 Å². The fourth-order valence-electron chi connectivity index (χ4n) is 1.80. The topological polar surface area (TPSA) is 78.5 Å². The molecule has 0 fully saturated rings. The monoisotopic (exact) mass is 332 g/mol. The lowest BCUT2D eigenvalue weighted by molar-refractivity contribution is -0.306. The first-order valence-corrected chi connectivity index (χ1v) is 6.75. The van der Waals surface area contributed by atoms with Gasteiger partial charge in [-0.2, -0.15) is 13.2 Å². The van der Waals surface area contributed by atoms with Crippen molar-refractivity contribution in [1.29, 1.82) is 0 Å². The summed E-state index contributed by atoms with van der Waals surface area (Å²) in [5.74, 6) is -1.51. The molecule has 0 aromatic heterocycles. The van der Waals surface area contributed by atoms with Crippen LogP contribution in [0.1, 0.15) is 44.4 Å². The molecule has 5 nitrogen and oxygen atoms in total. The molecule has 0 unspecified atom stereocenters. The number of ether oxygens (including phenoxy) is 1. The third-order valence-electron chi connectivity index (χ3n) is 2.68. The second-order valence-corrected chi connectivity index (χ2v) is 5.90. The smallest absolute Gasteiger partial charge is 0.416 e. The Balaban J connectivity index is 3.03. The largest absolute Gasteiger partial charge is 0.550 e. The van der Waals surface area contributed by atoms with Crippen molar-refractivity contribution in [3.05, 3.63) is 35.4 Å². The van der Waals surface area contributed by atoms with E-state index in [1.54, 1.807) is 20.8 Å². The van der Waals surface area contributed by atoms with Gasteiger partial charge in [0, 0.05) is 12.4 Å². The van der Waals surface area contributed by atoms with Crippen LogP contribution < -0.4 is 10.4 Å². The van der Waals surface area contributed by atoms with Gasteiger partial charge in [0.1, 0.15) is 5.60 Å². The Bertz CT molecular complexity index is 579. The number of hydrogen-bond acceptors (Lipinski definition) is 4. The first-order chi connectivity index (χ1) is 10.4. The van der Waals surface area contributed by atoms with Gasteiger partial charge >= 0.3 is 12.3 Å². The van der Waals surface area contributed by atoms with E-state index in [9.17, 15) is 27.9 Å². The number of carboxylic acids is 1. The minimum atomic E-state index is -4.58. The number of alkyl halides is 3. The molecule has 0 aliphatic carbocycles.